The van der Waals surface area contributed by atoms with Gasteiger partial charge < -0.3 is 16.0 Å². The summed E-state index contributed by atoms with van der Waals surface area (Å²) in [5, 5.41) is 2.84. The van der Waals surface area contributed by atoms with Crippen molar-refractivity contribution < 1.29 is 14.0 Å². The summed E-state index contributed by atoms with van der Waals surface area (Å²) >= 11 is 1.67. The molecule has 35 heavy (non-hydrogen) atoms. The van der Waals surface area contributed by atoms with Gasteiger partial charge in [-0.2, -0.15) is 0 Å². The van der Waals surface area contributed by atoms with Gasteiger partial charge in [0.1, 0.15) is 5.82 Å². The molecule has 180 valence electrons. The van der Waals surface area contributed by atoms with Crippen molar-refractivity contribution in [2.45, 2.75) is 42.2 Å². The number of carbonyl (C=O) groups is 2. The second-order valence-corrected chi connectivity index (χ2v) is 10.1. The van der Waals surface area contributed by atoms with Crippen LogP contribution in [0.3, 0.4) is 0 Å². The largest absolute Gasteiger partial charge is 0.337 e. The van der Waals surface area contributed by atoms with Gasteiger partial charge in [-0.05, 0) is 78.6 Å². The first-order valence-corrected chi connectivity index (χ1v) is 12.8. The van der Waals surface area contributed by atoms with Crippen molar-refractivity contribution in [2.24, 2.45) is 5.73 Å². The van der Waals surface area contributed by atoms with Crippen molar-refractivity contribution in [3.8, 4) is 0 Å². The zero-order valence-electron chi connectivity index (χ0n) is 19.2. The zero-order chi connectivity index (χ0) is 24.4. The lowest BCUT2D eigenvalue weighted by Gasteiger charge is -2.34. The Bertz CT molecular complexity index is 1220. The molecular weight excluding hydrogens is 463 g/mol. The van der Waals surface area contributed by atoms with E-state index in [4.69, 9.17) is 5.73 Å². The number of likely N-dealkylation sites (tertiary alicyclic amines) is 1. The SMILES string of the molecule is NC(c1ccc(C(=O)Nc2ccncc2)cc1)C1CCCN1C(=O)C1CCSc2ccc(F)cc21. The Morgan fingerprint density at radius 1 is 1.09 bits per heavy atom. The van der Waals surface area contributed by atoms with Crippen LogP contribution in [0.25, 0.3) is 0 Å². The molecule has 8 heteroatoms. The quantitative estimate of drug-likeness (QED) is 0.539. The van der Waals surface area contributed by atoms with E-state index in [9.17, 15) is 14.0 Å². The average Bonchev–Trinajstić information content (AvgIpc) is 3.38. The maximum atomic E-state index is 14.0. The fraction of sp³-hybridized carbons (Fsp3) is 0.296. The third-order valence-electron chi connectivity index (χ3n) is 6.80. The summed E-state index contributed by atoms with van der Waals surface area (Å²) in [6, 6.07) is 14.9. The number of amides is 2. The topological polar surface area (TPSA) is 88.3 Å². The monoisotopic (exact) mass is 490 g/mol. The molecule has 2 aliphatic rings. The molecule has 0 bridgehead atoms. The van der Waals surface area contributed by atoms with Crippen LogP contribution in [0.5, 0.6) is 0 Å². The second-order valence-electron chi connectivity index (χ2n) is 8.95. The number of fused-ring (bicyclic) bond motifs is 1. The molecule has 3 unspecified atom stereocenters. The fourth-order valence-corrected chi connectivity index (χ4v) is 6.08. The third-order valence-corrected chi connectivity index (χ3v) is 7.92. The maximum Gasteiger partial charge on any atom is 0.255 e. The van der Waals surface area contributed by atoms with E-state index >= 15 is 0 Å². The number of nitrogens with two attached hydrogens (primary N) is 1. The second kappa shape index (κ2) is 10.2. The van der Waals surface area contributed by atoms with Crippen molar-refractivity contribution >= 4 is 29.3 Å². The lowest BCUT2D eigenvalue weighted by atomic mass is 9.92. The first kappa shape index (κ1) is 23.5. The Morgan fingerprint density at radius 3 is 2.63 bits per heavy atom. The van der Waals surface area contributed by atoms with Gasteiger partial charge in [-0.1, -0.05) is 12.1 Å². The predicted octanol–water partition coefficient (Wildman–Crippen LogP) is 4.74. The fourth-order valence-electron chi connectivity index (χ4n) is 4.98. The summed E-state index contributed by atoms with van der Waals surface area (Å²) in [5.74, 6) is 0.00195. The molecule has 1 fully saturated rings. The molecule has 1 aromatic heterocycles. The van der Waals surface area contributed by atoms with Crippen LogP contribution in [0.2, 0.25) is 0 Å². The van der Waals surface area contributed by atoms with Gasteiger partial charge in [-0.3, -0.25) is 14.6 Å². The van der Waals surface area contributed by atoms with E-state index in [1.807, 2.05) is 17.0 Å². The van der Waals surface area contributed by atoms with Gasteiger partial charge in [0.2, 0.25) is 5.91 Å². The number of nitrogens with zero attached hydrogens (tertiary/aromatic N) is 2. The highest BCUT2D eigenvalue weighted by Crippen LogP contribution is 2.40. The van der Waals surface area contributed by atoms with Gasteiger partial charge in [0, 0.05) is 35.1 Å². The summed E-state index contributed by atoms with van der Waals surface area (Å²) in [6.45, 7) is 0.651. The van der Waals surface area contributed by atoms with Crippen molar-refractivity contribution in [1.29, 1.82) is 0 Å². The molecule has 3 heterocycles. The molecule has 3 aromatic rings. The van der Waals surface area contributed by atoms with Gasteiger partial charge >= 0.3 is 0 Å². The van der Waals surface area contributed by atoms with E-state index in [0.717, 1.165) is 34.6 Å². The van der Waals surface area contributed by atoms with Gasteiger partial charge in [0.15, 0.2) is 0 Å². The molecular formula is C27H27FN4O2S. The van der Waals surface area contributed by atoms with E-state index in [1.54, 1.807) is 54.5 Å². The summed E-state index contributed by atoms with van der Waals surface area (Å²) in [4.78, 5) is 33.0. The van der Waals surface area contributed by atoms with E-state index in [0.29, 0.717) is 24.2 Å². The molecule has 0 radical (unpaired) electrons. The minimum atomic E-state index is -0.372. The number of rotatable bonds is 5. The molecule has 2 amide bonds. The highest BCUT2D eigenvalue weighted by atomic mass is 32.2. The van der Waals surface area contributed by atoms with Crippen molar-refractivity contribution in [1.82, 2.24) is 9.88 Å². The Balaban J connectivity index is 1.30. The number of benzene rings is 2. The van der Waals surface area contributed by atoms with Crippen molar-refractivity contribution in [2.75, 3.05) is 17.6 Å². The number of halogens is 1. The number of aromatic nitrogens is 1. The van der Waals surface area contributed by atoms with Gasteiger partial charge in [0.25, 0.3) is 5.91 Å². The van der Waals surface area contributed by atoms with Crippen LogP contribution < -0.4 is 11.1 Å². The minimum absolute atomic E-state index is 0.0310. The Labute approximate surface area is 208 Å². The molecule has 0 saturated carbocycles. The lowest BCUT2D eigenvalue weighted by molar-refractivity contribution is -0.134. The first-order valence-electron chi connectivity index (χ1n) is 11.8. The van der Waals surface area contributed by atoms with E-state index in [1.165, 1.54) is 12.1 Å². The van der Waals surface area contributed by atoms with Crippen LogP contribution in [0.4, 0.5) is 10.1 Å². The van der Waals surface area contributed by atoms with Crippen LogP contribution in [-0.4, -0.2) is 40.0 Å². The third kappa shape index (κ3) is 4.94. The maximum absolute atomic E-state index is 14.0. The van der Waals surface area contributed by atoms with Crippen molar-refractivity contribution in [3.05, 3.63) is 89.5 Å². The molecule has 6 nitrogen and oxygen atoms in total. The Kier molecular flexibility index (Phi) is 6.83. The molecule has 3 N–H and O–H groups in total. The van der Waals surface area contributed by atoms with E-state index in [-0.39, 0.29) is 35.6 Å². The number of hydrogen-bond donors (Lipinski definition) is 2. The Hall–Kier alpha value is -3.23. The molecule has 0 aliphatic carbocycles. The number of nitrogens with one attached hydrogen (secondary N) is 1. The summed E-state index contributed by atoms with van der Waals surface area (Å²) in [5.41, 5.74) is 9.52. The normalized spacial score (nSPS) is 20.2. The van der Waals surface area contributed by atoms with Crippen LogP contribution in [0, 0.1) is 5.82 Å². The summed E-state index contributed by atoms with van der Waals surface area (Å²) in [6.07, 6.45) is 5.63. The van der Waals surface area contributed by atoms with Gasteiger partial charge in [-0.25, -0.2) is 4.39 Å². The molecule has 2 aromatic carbocycles. The van der Waals surface area contributed by atoms with Crippen LogP contribution in [0.1, 0.15) is 52.7 Å². The number of thioether (sulfide) groups is 1. The van der Waals surface area contributed by atoms with E-state index < -0.39 is 0 Å². The van der Waals surface area contributed by atoms with Crippen LogP contribution >= 0.6 is 11.8 Å². The van der Waals surface area contributed by atoms with Crippen LogP contribution in [-0.2, 0) is 4.79 Å². The zero-order valence-corrected chi connectivity index (χ0v) is 20.0. The highest BCUT2D eigenvalue weighted by Gasteiger charge is 2.38. The molecule has 2 aliphatic heterocycles. The Morgan fingerprint density at radius 2 is 1.86 bits per heavy atom. The number of anilines is 1. The molecule has 1 saturated heterocycles. The average molecular weight is 491 g/mol. The number of carbonyl (C=O) groups excluding carboxylic acids is 2. The molecule has 5 rings (SSSR count). The number of hydrogen-bond acceptors (Lipinski definition) is 5. The first-order chi connectivity index (χ1) is 17.0. The molecule has 3 atom stereocenters. The summed E-state index contributed by atoms with van der Waals surface area (Å²) in [7, 11) is 0. The standard InChI is InChI=1S/C27H27FN4O2S/c28-19-7-8-24-22(16-19)21(11-15-35-24)27(34)32-14-1-2-23(32)25(29)17-3-5-18(6-4-17)26(33)31-20-9-12-30-13-10-20/h3-10,12-13,16,21,23,25H,1-2,11,14-15,29H2,(H,30,31,33). The molecule has 0 spiro atoms. The minimum Gasteiger partial charge on any atom is -0.337 e. The lowest BCUT2D eigenvalue weighted by Crippen LogP contribution is -2.44. The predicted molar refractivity (Wildman–Crippen MR) is 135 cm³/mol. The van der Waals surface area contributed by atoms with Crippen LogP contribution in [0.15, 0.2) is 71.9 Å². The summed E-state index contributed by atoms with van der Waals surface area (Å²) < 4.78 is 14.0. The van der Waals surface area contributed by atoms with Gasteiger partial charge in [-0.15, -0.1) is 11.8 Å². The smallest absolute Gasteiger partial charge is 0.255 e. The van der Waals surface area contributed by atoms with Gasteiger partial charge in [0.05, 0.1) is 18.0 Å². The van der Waals surface area contributed by atoms with E-state index in [2.05, 4.69) is 10.3 Å². The highest BCUT2D eigenvalue weighted by molar-refractivity contribution is 7.99. The number of pyridine rings is 1. The van der Waals surface area contributed by atoms with Crippen molar-refractivity contribution in [3.63, 3.8) is 0 Å².